The topological polar surface area (TPSA) is 27.3 Å². The SMILES string of the molecule is COc1ccc(-c2c(-c3ccc(OC)cc3)[n+](-c3cc(C)cc(C)c3)cn2-c2cc(C)cc(C)c2)cc1. The highest BCUT2D eigenvalue weighted by atomic mass is 16.5. The maximum absolute atomic E-state index is 5.47. The van der Waals surface area contributed by atoms with Gasteiger partial charge in [0.05, 0.1) is 14.2 Å². The number of nitrogens with zero attached hydrogens (tertiary/aromatic N) is 2. The number of methoxy groups -OCH3 is 2. The summed E-state index contributed by atoms with van der Waals surface area (Å²) in [7, 11) is 3.40. The molecule has 4 heteroatoms. The Balaban J connectivity index is 1.89. The lowest BCUT2D eigenvalue weighted by Crippen LogP contribution is -2.31. The molecule has 1 heterocycles. The summed E-state index contributed by atoms with van der Waals surface area (Å²) in [5.41, 5.74) is 11.6. The smallest absolute Gasteiger partial charge is 0.255 e. The molecule has 0 aliphatic heterocycles. The number of hydrogen-bond acceptors (Lipinski definition) is 2. The quantitative estimate of drug-likeness (QED) is 0.233. The first kappa shape index (κ1) is 24.4. The fourth-order valence-corrected chi connectivity index (χ4v) is 5.08. The number of imidazole rings is 1. The molecule has 0 saturated heterocycles. The van der Waals surface area contributed by atoms with Crippen LogP contribution in [0.5, 0.6) is 11.5 Å². The molecule has 0 saturated carbocycles. The molecule has 0 unspecified atom stereocenters. The third-order valence-corrected chi connectivity index (χ3v) is 6.63. The van der Waals surface area contributed by atoms with Gasteiger partial charge in [0.2, 0.25) is 0 Å². The standard InChI is InChI=1S/C33H33N2O2/c1-22-15-23(2)18-28(17-22)34-21-35(29-19-24(3)16-25(4)20-29)33(27-9-13-31(37-6)14-10-27)32(34)26-7-11-30(36-5)12-8-26/h7-21H,1-6H3/q+1. The average molecular weight is 490 g/mol. The van der Waals surface area contributed by atoms with Crippen LogP contribution in [0, 0.1) is 27.7 Å². The van der Waals surface area contributed by atoms with Crippen molar-refractivity contribution in [1.29, 1.82) is 0 Å². The first-order chi connectivity index (χ1) is 17.9. The highest BCUT2D eigenvalue weighted by Gasteiger charge is 2.29. The monoisotopic (exact) mass is 489 g/mol. The van der Waals surface area contributed by atoms with E-state index in [-0.39, 0.29) is 0 Å². The van der Waals surface area contributed by atoms with Crippen LogP contribution in [0.2, 0.25) is 0 Å². The van der Waals surface area contributed by atoms with E-state index in [0.717, 1.165) is 45.4 Å². The van der Waals surface area contributed by atoms with Crippen LogP contribution in [-0.4, -0.2) is 18.8 Å². The zero-order valence-corrected chi connectivity index (χ0v) is 22.4. The fraction of sp³-hybridized carbons (Fsp3) is 0.182. The van der Waals surface area contributed by atoms with Crippen molar-refractivity contribution < 1.29 is 14.0 Å². The van der Waals surface area contributed by atoms with Gasteiger partial charge in [0, 0.05) is 11.1 Å². The third kappa shape index (κ3) is 4.88. The van der Waals surface area contributed by atoms with Gasteiger partial charge >= 0.3 is 0 Å². The van der Waals surface area contributed by atoms with Crippen LogP contribution >= 0.6 is 0 Å². The fourth-order valence-electron chi connectivity index (χ4n) is 5.08. The summed E-state index contributed by atoms with van der Waals surface area (Å²) in [5, 5.41) is 0. The van der Waals surface area contributed by atoms with Crippen LogP contribution < -0.4 is 14.0 Å². The van der Waals surface area contributed by atoms with Crippen LogP contribution in [-0.2, 0) is 0 Å². The minimum Gasteiger partial charge on any atom is -0.497 e. The van der Waals surface area contributed by atoms with Crippen molar-refractivity contribution in [1.82, 2.24) is 4.57 Å². The molecule has 4 aromatic carbocycles. The molecule has 0 radical (unpaired) electrons. The summed E-state index contributed by atoms with van der Waals surface area (Å²) in [6.45, 7) is 8.59. The van der Waals surface area contributed by atoms with Gasteiger partial charge in [0.15, 0.2) is 11.4 Å². The molecule has 0 atom stereocenters. The second-order valence-electron chi connectivity index (χ2n) is 9.70. The number of benzene rings is 4. The van der Waals surface area contributed by atoms with Crippen molar-refractivity contribution in [2.24, 2.45) is 0 Å². The second kappa shape index (κ2) is 9.98. The van der Waals surface area contributed by atoms with Gasteiger partial charge in [-0.1, -0.05) is 12.1 Å². The van der Waals surface area contributed by atoms with Crippen LogP contribution in [0.25, 0.3) is 33.9 Å². The minimum absolute atomic E-state index is 0.835. The second-order valence-corrected chi connectivity index (χ2v) is 9.70. The number of ether oxygens (including phenoxy) is 2. The zero-order valence-electron chi connectivity index (χ0n) is 22.4. The van der Waals surface area contributed by atoms with Crippen LogP contribution in [0.1, 0.15) is 22.3 Å². The highest BCUT2D eigenvalue weighted by Crippen LogP contribution is 2.35. The number of aryl methyl sites for hydroxylation is 4. The van der Waals surface area contributed by atoms with Gasteiger partial charge in [-0.3, -0.25) is 0 Å². The molecule has 186 valence electrons. The maximum Gasteiger partial charge on any atom is 0.255 e. The van der Waals surface area contributed by atoms with E-state index in [1.165, 1.54) is 22.3 Å². The van der Waals surface area contributed by atoms with E-state index in [1.807, 2.05) is 24.3 Å². The summed E-state index contributed by atoms with van der Waals surface area (Å²) in [6.07, 6.45) is 2.21. The predicted octanol–water partition coefficient (Wildman–Crippen LogP) is 7.34. The molecular formula is C33H33N2O2+. The van der Waals surface area contributed by atoms with Crippen LogP contribution in [0.4, 0.5) is 0 Å². The molecule has 0 N–H and O–H groups in total. The lowest BCUT2D eigenvalue weighted by Gasteiger charge is -2.09. The van der Waals surface area contributed by atoms with Crippen molar-refractivity contribution >= 4 is 0 Å². The van der Waals surface area contributed by atoms with Crippen LogP contribution in [0.15, 0.2) is 91.3 Å². The van der Waals surface area contributed by atoms with Crippen LogP contribution in [0.3, 0.4) is 0 Å². The van der Waals surface area contributed by atoms with Gasteiger partial charge in [-0.05, 0) is 123 Å². The summed E-state index contributed by atoms with van der Waals surface area (Å²) >= 11 is 0. The van der Waals surface area contributed by atoms with Crippen molar-refractivity contribution in [3.8, 4) is 45.4 Å². The molecular weight excluding hydrogens is 456 g/mol. The van der Waals surface area contributed by atoms with E-state index < -0.39 is 0 Å². The summed E-state index contributed by atoms with van der Waals surface area (Å²) in [5.74, 6) is 1.67. The molecule has 0 aliphatic carbocycles. The predicted molar refractivity (Wildman–Crippen MR) is 150 cm³/mol. The molecule has 0 spiro atoms. The number of hydrogen-bond donors (Lipinski definition) is 0. The van der Waals surface area contributed by atoms with Gasteiger partial charge in [0.25, 0.3) is 6.33 Å². The molecule has 0 bridgehead atoms. The van der Waals surface area contributed by atoms with Gasteiger partial charge < -0.3 is 9.47 Å². The Labute approximate surface area is 219 Å². The zero-order chi connectivity index (χ0) is 26.1. The highest BCUT2D eigenvalue weighted by molar-refractivity contribution is 5.79. The Hall–Kier alpha value is -4.31. The maximum atomic E-state index is 5.47. The lowest BCUT2D eigenvalue weighted by atomic mass is 10.0. The number of rotatable bonds is 6. The first-order valence-electron chi connectivity index (χ1n) is 12.5. The molecule has 0 aliphatic rings. The summed E-state index contributed by atoms with van der Waals surface area (Å²) < 4.78 is 15.5. The van der Waals surface area contributed by atoms with Crippen molar-refractivity contribution in [2.45, 2.75) is 27.7 Å². The minimum atomic E-state index is 0.835. The third-order valence-electron chi connectivity index (χ3n) is 6.63. The van der Waals surface area contributed by atoms with Crippen molar-refractivity contribution in [3.05, 3.63) is 114 Å². The molecule has 1 aromatic heterocycles. The summed E-state index contributed by atoms with van der Waals surface area (Å²) in [4.78, 5) is 0. The molecule has 5 rings (SSSR count). The Bertz CT molecular complexity index is 1400. The van der Waals surface area contributed by atoms with Gasteiger partial charge in [-0.25, -0.2) is 0 Å². The van der Waals surface area contributed by atoms with E-state index in [9.17, 15) is 0 Å². The van der Waals surface area contributed by atoms with Crippen molar-refractivity contribution in [2.75, 3.05) is 14.2 Å². The van der Waals surface area contributed by atoms with E-state index in [1.54, 1.807) is 14.2 Å². The Kier molecular flexibility index (Phi) is 6.58. The molecule has 37 heavy (non-hydrogen) atoms. The van der Waals surface area contributed by atoms with E-state index in [2.05, 4.69) is 104 Å². The number of aromatic nitrogens is 2. The van der Waals surface area contributed by atoms with Crippen molar-refractivity contribution in [3.63, 3.8) is 0 Å². The largest absolute Gasteiger partial charge is 0.497 e. The Morgan fingerprint density at radius 2 is 1.03 bits per heavy atom. The molecule has 0 fully saturated rings. The Morgan fingerprint density at radius 1 is 0.568 bits per heavy atom. The average Bonchev–Trinajstić information content (AvgIpc) is 3.28. The molecule has 5 aromatic rings. The molecule has 0 amide bonds. The first-order valence-corrected chi connectivity index (χ1v) is 12.5. The van der Waals surface area contributed by atoms with E-state index in [4.69, 9.17) is 9.47 Å². The van der Waals surface area contributed by atoms with E-state index >= 15 is 0 Å². The Morgan fingerprint density at radius 3 is 1.51 bits per heavy atom. The van der Waals surface area contributed by atoms with Gasteiger partial charge in [-0.15, -0.1) is 0 Å². The van der Waals surface area contributed by atoms with E-state index in [0.29, 0.717) is 0 Å². The molecule has 4 nitrogen and oxygen atoms in total. The van der Waals surface area contributed by atoms with Gasteiger partial charge in [0.1, 0.15) is 22.9 Å². The normalized spacial score (nSPS) is 11.0. The summed E-state index contributed by atoms with van der Waals surface area (Å²) in [6, 6.07) is 30.0. The lowest BCUT2D eigenvalue weighted by molar-refractivity contribution is -0.583. The van der Waals surface area contributed by atoms with Gasteiger partial charge in [-0.2, -0.15) is 9.13 Å².